The Labute approximate surface area is 190 Å². The molecule has 3 heterocycles. The smallest absolute Gasteiger partial charge is 0.243 e. The van der Waals surface area contributed by atoms with Gasteiger partial charge in [0.05, 0.1) is 11.7 Å². The second-order valence-electron chi connectivity index (χ2n) is 7.55. The normalized spacial score (nSPS) is 11.8. The SMILES string of the molecule is CNc1cc(-c2cc(NC(=O)[C@H](Cc3ccc(F)cc3)NCc3ccn[nH]3)n(C)n2)ccn1. The van der Waals surface area contributed by atoms with Gasteiger partial charge >= 0.3 is 0 Å². The molecule has 0 aliphatic heterocycles. The van der Waals surface area contributed by atoms with Crippen molar-refractivity contribution in [2.24, 2.45) is 7.05 Å². The first kappa shape index (κ1) is 22.2. The molecule has 4 aromatic rings. The van der Waals surface area contributed by atoms with Crippen LogP contribution < -0.4 is 16.0 Å². The summed E-state index contributed by atoms with van der Waals surface area (Å²) in [5.74, 6) is 0.750. The number of nitrogens with zero attached hydrogens (tertiary/aromatic N) is 4. The molecule has 0 radical (unpaired) electrons. The first-order valence-corrected chi connectivity index (χ1v) is 10.5. The fraction of sp³-hybridized carbons (Fsp3) is 0.217. The number of carbonyl (C=O) groups is 1. The molecule has 170 valence electrons. The van der Waals surface area contributed by atoms with Gasteiger partial charge in [-0.05, 0) is 42.3 Å². The van der Waals surface area contributed by atoms with E-state index in [-0.39, 0.29) is 11.7 Å². The van der Waals surface area contributed by atoms with Crippen LogP contribution in [0.2, 0.25) is 0 Å². The largest absolute Gasteiger partial charge is 0.373 e. The van der Waals surface area contributed by atoms with Gasteiger partial charge in [-0.3, -0.25) is 19.9 Å². The number of anilines is 2. The predicted molar refractivity (Wildman–Crippen MR) is 124 cm³/mol. The lowest BCUT2D eigenvalue weighted by molar-refractivity contribution is -0.118. The molecule has 1 atom stereocenters. The van der Waals surface area contributed by atoms with Crippen molar-refractivity contribution in [1.82, 2.24) is 30.3 Å². The van der Waals surface area contributed by atoms with Crippen LogP contribution in [0.1, 0.15) is 11.3 Å². The van der Waals surface area contributed by atoms with E-state index in [4.69, 9.17) is 0 Å². The molecule has 0 unspecified atom stereocenters. The molecule has 4 rings (SSSR count). The minimum Gasteiger partial charge on any atom is -0.373 e. The highest BCUT2D eigenvalue weighted by Gasteiger charge is 2.21. The van der Waals surface area contributed by atoms with Gasteiger partial charge in [0, 0.05) is 50.4 Å². The van der Waals surface area contributed by atoms with Crippen LogP contribution in [0.15, 0.2) is 60.9 Å². The molecule has 0 spiro atoms. The molecule has 0 aliphatic rings. The Bertz CT molecular complexity index is 1200. The van der Waals surface area contributed by atoms with Gasteiger partial charge in [-0.15, -0.1) is 0 Å². The van der Waals surface area contributed by atoms with Gasteiger partial charge in [0.25, 0.3) is 0 Å². The van der Waals surface area contributed by atoms with Crippen molar-refractivity contribution in [3.63, 3.8) is 0 Å². The van der Waals surface area contributed by atoms with Gasteiger partial charge in [-0.2, -0.15) is 10.2 Å². The van der Waals surface area contributed by atoms with E-state index in [1.165, 1.54) is 12.1 Å². The average Bonchev–Trinajstić information content (AvgIpc) is 3.48. The number of nitrogens with one attached hydrogen (secondary N) is 4. The number of benzene rings is 1. The number of amides is 1. The van der Waals surface area contributed by atoms with E-state index in [0.29, 0.717) is 24.5 Å². The van der Waals surface area contributed by atoms with Crippen LogP contribution in [-0.4, -0.2) is 44.0 Å². The van der Waals surface area contributed by atoms with Crippen LogP contribution in [0.25, 0.3) is 11.3 Å². The average molecular weight is 449 g/mol. The van der Waals surface area contributed by atoms with E-state index in [1.807, 2.05) is 24.3 Å². The van der Waals surface area contributed by atoms with Crippen molar-refractivity contribution in [2.45, 2.75) is 19.0 Å². The maximum Gasteiger partial charge on any atom is 0.243 e. The van der Waals surface area contributed by atoms with Gasteiger partial charge in [-0.25, -0.2) is 9.37 Å². The van der Waals surface area contributed by atoms with Gasteiger partial charge < -0.3 is 10.6 Å². The predicted octanol–water partition coefficient (Wildman–Crippen LogP) is 2.73. The zero-order valence-corrected chi connectivity index (χ0v) is 18.3. The molecule has 0 saturated carbocycles. The number of aryl methyl sites for hydroxylation is 1. The molecule has 33 heavy (non-hydrogen) atoms. The number of pyridine rings is 1. The van der Waals surface area contributed by atoms with E-state index < -0.39 is 6.04 Å². The van der Waals surface area contributed by atoms with Crippen LogP contribution in [-0.2, 0) is 24.8 Å². The zero-order chi connectivity index (χ0) is 23.2. The van der Waals surface area contributed by atoms with Crippen LogP contribution >= 0.6 is 0 Å². The molecular formula is C23H25FN8O. The van der Waals surface area contributed by atoms with Gasteiger partial charge in [-0.1, -0.05) is 12.1 Å². The van der Waals surface area contributed by atoms with E-state index in [0.717, 1.165) is 22.6 Å². The monoisotopic (exact) mass is 448 g/mol. The summed E-state index contributed by atoms with van der Waals surface area (Å²) in [5, 5.41) is 20.5. The Kier molecular flexibility index (Phi) is 6.75. The van der Waals surface area contributed by atoms with Crippen LogP contribution in [0.5, 0.6) is 0 Å². The lowest BCUT2D eigenvalue weighted by Gasteiger charge is -2.18. The molecule has 0 aliphatic carbocycles. The van der Waals surface area contributed by atoms with Crippen molar-refractivity contribution in [3.8, 4) is 11.3 Å². The maximum atomic E-state index is 13.3. The molecule has 0 saturated heterocycles. The van der Waals surface area contributed by atoms with E-state index >= 15 is 0 Å². The molecule has 0 fully saturated rings. The van der Waals surface area contributed by atoms with Crippen molar-refractivity contribution >= 4 is 17.5 Å². The zero-order valence-electron chi connectivity index (χ0n) is 18.3. The second-order valence-corrected chi connectivity index (χ2v) is 7.55. The number of hydrogen-bond donors (Lipinski definition) is 4. The summed E-state index contributed by atoms with van der Waals surface area (Å²) in [7, 11) is 3.57. The number of halogens is 1. The highest BCUT2D eigenvalue weighted by molar-refractivity contribution is 5.94. The molecule has 1 aromatic carbocycles. The summed E-state index contributed by atoms with van der Waals surface area (Å²) in [5.41, 5.74) is 3.29. The van der Waals surface area contributed by atoms with E-state index in [2.05, 4.69) is 36.2 Å². The maximum absolute atomic E-state index is 13.3. The number of rotatable bonds is 9. The molecule has 0 bridgehead atoms. The van der Waals surface area contributed by atoms with E-state index in [1.54, 1.807) is 43.3 Å². The minimum atomic E-state index is -0.561. The van der Waals surface area contributed by atoms with Crippen LogP contribution in [0, 0.1) is 5.82 Å². The molecule has 10 heteroatoms. The van der Waals surface area contributed by atoms with Crippen LogP contribution in [0.4, 0.5) is 16.0 Å². The van der Waals surface area contributed by atoms with Crippen molar-refractivity contribution < 1.29 is 9.18 Å². The Balaban J connectivity index is 1.51. The van der Waals surface area contributed by atoms with Gasteiger partial charge in [0.15, 0.2) is 0 Å². The Morgan fingerprint density at radius 3 is 2.70 bits per heavy atom. The summed E-state index contributed by atoms with van der Waals surface area (Å²) in [6.45, 7) is 0.430. The summed E-state index contributed by atoms with van der Waals surface area (Å²) in [6.07, 6.45) is 3.74. The van der Waals surface area contributed by atoms with Crippen molar-refractivity contribution in [2.75, 3.05) is 17.7 Å². The first-order chi connectivity index (χ1) is 16.0. The number of hydrogen-bond acceptors (Lipinski definition) is 6. The standard InChI is InChI=1S/C23H25FN8O/c1-25-21-12-16(7-9-26-21)19-13-22(32(2)31-19)29-23(33)20(27-14-18-8-10-28-30-18)11-15-3-5-17(24)6-4-15/h3-10,12-13,20,27H,11,14H2,1-2H3,(H,25,26)(H,28,30)(H,29,33)/t20-/m0/s1. The Morgan fingerprint density at radius 2 is 1.97 bits per heavy atom. The summed E-state index contributed by atoms with van der Waals surface area (Å²) in [6, 6.07) is 13.0. The highest BCUT2D eigenvalue weighted by Crippen LogP contribution is 2.23. The molecule has 4 N–H and O–H groups in total. The molecule has 1 amide bonds. The van der Waals surface area contributed by atoms with Crippen LogP contribution in [0.3, 0.4) is 0 Å². The fourth-order valence-electron chi connectivity index (χ4n) is 3.40. The van der Waals surface area contributed by atoms with E-state index in [9.17, 15) is 9.18 Å². The van der Waals surface area contributed by atoms with Crippen molar-refractivity contribution in [3.05, 3.63) is 78.0 Å². The summed E-state index contributed by atoms with van der Waals surface area (Å²) < 4.78 is 14.9. The van der Waals surface area contributed by atoms with Gasteiger partial charge in [0.1, 0.15) is 17.5 Å². The topological polar surface area (TPSA) is 113 Å². The number of aromatic nitrogens is 5. The van der Waals surface area contributed by atoms with Crippen molar-refractivity contribution in [1.29, 1.82) is 0 Å². The highest BCUT2D eigenvalue weighted by atomic mass is 19.1. The number of H-pyrrole nitrogens is 1. The third-order valence-electron chi connectivity index (χ3n) is 5.21. The fourth-order valence-corrected chi connectivity index (χ4v) is 3.40. The third kappa shape index (κ3) is 5.60. The second kappa shape index (κ2) is 10.0. The Morgan fingerprint density at radius 1 is 1.15 bits per heavy atom. The summed E-state index contributed by atoms with van der Waals surface area (Å²) in [4.78, 5) is 17.4. The number of carbonyl (C=O) groups excluding carboxylic acids is 1. The van der Waals surface area contributed by atoms with Gasteiger partial charge in [0.2, 0.25) is 5.91 Å². The lowest BCUT2D eigenvalue weighted by atomic mass is 10.0. The lowest BCUT2D eigenvalue weighted by Crippen LogP contribution is -2.42. The minimum absolute atomic E-state index is 0.223. The summed E-state index contributed by atoms with van der Waals surface area (Å²) >= 11 is 0. The first-order valence-electron chi connectivity index (χ1n) is 10.5. The third-order valence-corrected chi connectivity index (χ3v) is 5.21. The number of aromatic amines is 1. The molecule has 3 aromatic heterocycles. The Hall–Kier alpha value is -4.05. The molecular weight excluding hydrogens is 423 g/mol. The molecule has 9 nitrogen and oxygen atoms in total. The quantitative estimate of drug-likeness (QED) is 0.313.